The monoisotopic (exact) mass is 276 g/mol. The van der Waals surface area contributed by atoms with Crippen LogP contribution in [-0.4, -0.2) is 35.6 Å². The second kappa shape index (κ2) is 5.96. The minimum absolute atomic E-state index is 0.0701. The number of hydrogen-bond donors (Lipinski definition) is 0. The zero-order valence-electron chi connectivity index (χ0n) is 11.0. The second-order valence-electron chi connectivity index (χ2n) is 3.68. The van der Waals surface area contributed by atoms with E-state index in [9.17, 15) is 9.59 Å². The van der Waals surface area contributed by atoms with E-state index in [1.165, 1.54) is 25.6 Å². The molecule has 7 heteroatoms. The third-order valence-corrected chi connectivity index (χ3v) is 2.39. The molecule has 0 saturated carbocycles. The first-order valence-corrected chi connectivity index (χ1v) is 5.83. The van der Waals surface area contributed by atoms with Gasteiger partial charge in [0, 0.05) is 6.20 Å². The van der Waals surface area contributed by atoms with Crippen LogP contribution in [0.25, 0.3) is 11.6 Å². The van der Waals surface area contributed by atoms with Gasteiger partial charge in [0.25, 0.3) is 0 Å². The van der Waals surface area contributed by atoms with Crippen molar-refractivity contribution in [3.8, 4) is 11.6 Å². The molecule has 7 nitrogen and oxygen atoms in total. The maximum Gasteiger partial charge on any atom is 0.360 e. The Hall–Kier alpha value is -2.70. The maximum atomic E-state index is 11.4. The fourth-order valence-electron chi connectivity index (χ4n) is 1.45. The summed E-state index contributed by atoms with van der Waals surface area (Å²) >= 11 is 0. The lowest BCUT2D eigenvalue weighted by Crippen LogP contribution is -2.04. The van der Waals surface area contributed by atoms with Crippen molar-refractivity contribution in [1.82, 2.24) is 9.97 Å². The van der Waals surface area contributed by atoms with Crippen molar-refractivity contribution in [2.75, 3.05) is 13.7 Å². The Bertz CT molecular complexity index is 618. The zero-order chi connectivity index (χ0) is 14.5. The van der Waals surface area contributed by atoms with Crippen LogP contribution in [0.15, 0.2) is 29.0 Å². The van der Waals surface area contributed by atoms with Gasteiger partial charge < -0.3 is 13.9 Å². The lowest BCUT2D eigenvalue weighted by atomic mass is 10.2. The molecule has 2 rings (SSSR count). The Morgan fingerprint density at radius 3 is 2.70 bits per heavy atom. The van der Waals surface area contributed by atoms with Gasteiger partial charge in [0.1, 0.15) is 12.0 Å². The highest BCUT2D eigenvalue weighted by atomic mass is 16.5. The number of methoxy groups -OCH3 is 1. The van der Waals surface area contributed by atoms with E-state index in [1.807, 2.05) is 0 Å². The summed E-state index contributed by atoms with van der Waals surface area (Å²) in [4.78, 5) is 30.7. The Labute approximate surface area is 114 Å². The number of carbonyl (C=O) groups excluding carboxylic acids is 2. The smallest absolute Gasteiger partial charge is 0.360 e. The molecule has 0 fully saturated rings. The number of hydrogen-bond acceptors (Lipinski definition) is 7. The molecule has 2 aromatic heterocycles. The number of nitrogens with zero attached hydrogens (tertiary/aromatic N) is 2. The van der Waals surface area contributed by atoms with Gasteiger partial charge in [-0.2, -0.15) is 0 Å². The Morgan fingerprint density at radius 1 is 1.30 bits per heavy atom. The first-order valence-electron chi connectivity index (χ1n) is 5.83. The molecule has 104 valence electrons. The van der Waals surface area contributed by atoms with Crippen molar-refractivity contribution in [2.24, 2.45) is 0 Å². The number of pyridine rings is 1. The number of rotatable bonds is 4. The van der Waals surface area contributed by atoms with Crippen LogP contribution in [0.5, 0.6) is 0 Å². The van der Waals surface area contributed by atoms with Gasteiger partial charge in [-0.3, -0.25) is 4.98 Å². The van der Waals surface area contributed by atoms with E-state index in [-0.39, 0.29) is 18.2 Å². The number of aromatic nitrogens is 2. The zero-order valence-corrected chi connectivity index (χ0v) is 11.0. The van der Waals surface area contributed by atoms with E-state index >= 15 is 0 Å². The van der Waals surface area contributed by atoms with Crippen molar-refractivity contribution >= 4 is 11.9 Å². The first kappa shape index (κ1) is 13.7. The Morgan fingerprint density at radius 2 is 2.10 bits per heavy atom. The van der Waals surface area contributed by atoms with Gasteiger partial charge in [0.05, 0.1) is 19.3 Å². The molecular formula is C13H12N2O5. The summed E-state index contributed by atoms with van der Waals surface area (Å²) in [6.07, 6.45) is 2.54. The topological polar surface area (TPSA) is 91.5 Å². The third kappa shape index (κ3) is 2.82. The fraction of sp³-hybridized carbons (Fsp3) is 0.231. The van der Waals surface area contributed by atoms with Crippen LogP contribution in [0, 0.1) is 0 Å². The molecule has 0 unspecified atom stereocenters. The molecule has 0 saturated heterocycles. The van der Waals surface area contributed by atoms with Gasteiger partial charge >= 0.3 is 11.9 Å². The molecular weight excluding hydrogens is 264 g/mol. The lowest BCUT2D eigenvalue weighted by molar-refractivity contribution is 0.0518. The van der Waals surface area contributed by atoms with Crippen molar-refractivity contribution in [3.63, 3.8) is 0 Å². The van der Waals surface area contributed by atoms with E-state index in [0.29, 0.717) is 11.3 Å². The van der Waals surface area contributed by atoms with Crippen molar-refractivity contribution in [3.05, 3.63) is 35.9 Å². The summed E-state index contributed by atoms with van der Waals surface area (Å²) in [6.45, 7) is 1.96. The molecule has 0 aliphatic heterocycles. The van der Waals surface area contributed by atoms with E-state index < -0.39 is 11.9 Å². The van der Waals surface area contributed by atoms with Crippen molar-refractivity contribution < 1.29 is 23.5 Å². The average Bonchev–Trinajstić information content (AvgIpc) is 2.97. The van der Waals surface area contributed by atoms with Crippen molar-refractivity contribution in [1.29, 1.82) is 0 Å². The third-order valence-electron chi connectivity index (χ3n) is 2.39. The molecule has 0 amide bonds. The quantitative estimate of drug-likeness (QED) is 0.785. The normalized spacial score (nSPS) is 10.1. The van der Waals surface area contributed by atoms with Crippen LogP contribution in [0.3, 0.4) is 0 Å². The maximum absolute atomic E-state index is 11.4. The Balaban J connectivity index is 2.20. The number of oxazole rings is 1. The number of ether oxygens (including phenoxy) is 2. The molecule has 0 spiro atoms. The summed E-state index contributed by atoms with van der Waals surface area (Å²) in [5.74, 6) is -0.873. The van der Waals surface area contributed by atoms with Crippen LogP contribution in [-0.2, 0) is 9.47 Å². The predicted octanol–water partition coefficient (Wildman–Crippen LogP) is 1.70. The summed E-state index contributed by atoms with van der Waals surface area (Å²) in [5, 5.41) is 0. The van der Waals surface area contributed by atoms with Gasteiger partial charge in [-0.25, -0.2) is 14.6 Å². The average molecular weight is 276 g/mol. The number of carbonyl (C=O) groups is 2. The van der Waals surface area contributed by atoms with Crippen LogP contribution < -0.4 is 0 Å². The highest BCUT2D eigenvalue weighted by Crippen LogP contribution is 2.17. The molecule has 0 radical (unpaired) electrons. The van der Waals surface area contributed by atoms with Gasteiger partial charge in [-0.15, -0.1) is 0 Å². The van der Waals surface area contributed by atoms with Gasteiger partial charge in [0.15, 0.2) is 5.69 Å². The van der Waals surface area contributed by atoms with Gasteiger partial charge in [0.2, 0.25) is 5.89 Å². The summed E-state index contributed by atoms with van der Waals surface area (Å²) in [7, 11) is 1.29. The largest absolute Gasteiger partial charge is 0.465 e. The molecule has 2 heterocycles. The molecule has 0 atom stereocenters. The molecule has 0 aliphatic rings. The molecule has 2 aromatic rings. The molecule has 0 bridgehead atoms. The minimum atomic E-state index is -0.561. The summed E-state index contributed by atoms with van der Waals surface area (Å²) in [6, 6.07) is 3.08. The Kier molecular flexibility index (Phi) is 4.09. The van der Waals surface area contributed by atoms with Crippen LogP contribution in [0.4, 0.5) is 0 Å². The van der Waals surface area contributed by atoms with Crippen LogP contribution >= 0.6 is 0 Å². The molecule has 0 aromatic carbocycles. The highest BCUT2D eigenvalue weighted by molar-refractivity contribution is 5.89. The van der Waals surface area contributed by atoms with Crippen LogP contribution in [0.2, 0.25) is 0 Å². The molecule has 0 N–H and O–H groups in total. The van der Waals surface area contributed by atoms with Crippen molar-refractivity contribution in [2.45, 2.75) is 6.92 Å². The van der Waals surface area contributed by atoms with E-state index in [4.69, 9.17) is 9.15 Å². The minimum Gasteiger partial charge on any atom is -0.465 e. The lowest BCUT2D eigenvalue weighted by Gasteiger charge is -1.99. The molecule has 20 heavy (non-hydrogen) atoms. The first-order chi connectivity index (χ1) is 9.65. The number of esters is 2. The van der Waals surface area contributed by atoms with Crippen LogP contribution in [0.1, 0.15) is 27.8 Å². The van der Waals surface area contributed by atoms with E-state index in [0.717, 1.165) is 0 Å². The summed E-state index contributed by atoms with van der Waals surface area (Å²) in [5.41, 5.74) is 0.780. The van der Waals surface area contributed by atoms with E-state index in [1.54, 1.807) is 13.0 Å². The SMILES string of the molecule is CCOC(=O)c1coc(-c2ccc(C(=O)OC)cn2)n1. The fourth-order valence-corrected chi connectivity index (χ4v) is 1.45. The van der Waals surface area contributed by atoms with Gasteiger partial charge in [-0.05, 0) is 19.1 Å². The predicted molar refractivity (Wildman–Crippen MR) is 67.0 cm³/mol. The van der Waals surface area contributed by atoms with Gasteiger partial charge in [-0.1, -0.05) is 0 Å². The molecule has 0 aliphatic carbocycles. The highest BCUT2D eigenvalue weighted by Gasteiger charge is 2.15. The summed E-state index contributed by atoms with van der Waals surface area (Å²) < 4.78 is 14.5. The second-order valence-corrected chi connectivity index (χ2v) is 3.68. The van der Waals surface area contributed by atoms with E-state index in [2.05, 4.69) is 14.7 Å². The standard InChI is InChI=1S/C13H12N2O5/c1-3-19-13(17)10-7-20-11(15-10)9-5-4-8(6-14-9)12(16)18-2/h4-7H,3H2,1-2H3.